The third-order valence-electron chi connectivity index (χ3n) is 1.54. The van der Waals surface area contributed by atoms with Gasteiger partial charge in [0.15, 0.2) is 0 Å². The Kier molecular flexibility index (Phi) is 4.14. The van der Waals surface area contributed by atoms with Crippen LogP contribution in [0.5, 0.6) is 0 Å². The van der Waals surface area contributed by atoms with E-state index in [1.807, 2.05) is 0 Å². The molecule has 0 aromatic heterocycles. The largest absolute Gasteiger partial charge is 0.310 e. The lowest BCUT2D eigenvalue weighted by Gasteiger charge is -2.27. The Balaban J connectivity index is 3.72. The minimum atomic E-state index is 0.101. The maximum Gasteiger partial charge on any atom is 0.0622 e. The Morgan fingerprint density at radius 1 is 1.45 bits per heavy atom. The van der Waals surface area contributed by atoms with Gasteiger partial charge in [-0.15, -0.1) is 0 Å². The van der Waals surface area contributed by atoms with Crippen LogP contribution in [-0.4, -0.2) is 11.6 Å². The van der Waals surface area contributed by atoms with Gasteiger partial charge in [-0.3, -0.25) is 0 Å². The van der Waals surface area contributed by atoms with Crippen molar-refractivity contribution >= 4 is 0 Å². The number of nitrogens with one attached hydrogen (secondary N) is 1. The number of hydrogen-bond donors (Lipinski definition) is 1. The van der Waals surface area contributed by atoms with Crippen molar-refractivity contribution in [3.05, 3.63) is 0 Å². The van der Waals surface area contributed by atoms with Gasteiger partial charge in [-0.05, 0) is 20.3 Å². The second kappa shape index (κ2) is 4.35. The number of nitrogens with zero attached hydrogens (tertiary/aromatic N) is 1. The summed E-state index contributed by atoms with van der Waals surface area (Å²) in [6.45, 7) is 8.50. The normalized spacial score (nSPS) is 11.6. The highest BCUT2D eigenvalue weighted by Crippen LogP contribution is 2.11. The van der Waals surface area contributed by atoms with Crippen LogP contribution in [0.2, 0.25) is 0 Å². The molecule has 0 saturated heterocycles. The summed E-state index contributed by atoms with van der Waals surface area (Å²) in [4.78, 5) is 0. The third kappa shape index (κ3) is 5.87. The molecule has 0 aliphatic rings. The van der Waals surface area contributed by atoms with Crippen LogP contribution in [0.25, 0.3) is 0 Å². The highest BCUT2D eigenvalue weighted by Gasteiger charge is 2.16. The predicted molar refractivity (Wildman–Crippen MR) is 47.2 cm³/mol. The first-order valence-electron chi connectivity index (χ1n) is 4.12. The highest BCUT2D eigenvalue weighted by atomic mass is 15.0. The Labute approximate surface area is 69.6 Å². The van der Waals surface area contributed by atoms with E-state index in [9.17, 15) is 0 Å². The molecule has 0 bridgehead atoms. The molecule has 11 heavy (non-hydrogen) atoms. The summed E-state index contributed by atoms with van der Waals surface area (Å²) in [6, 6.07) is 2.65. The lowest BCUT2D eigenvalue weighted by Crippen LogP contribution is -2.43. The van der Waals surface area contributed by atoms with Crippen molar-refractivity contribution in [2.45, 2.75) is 52.1 Å². The number of rotatable bonds is 4. The molecule has 0 aromatic carbocycles. The number of nitriles is 1. The Morgan fingerprint density at radius 2 is 2.00 bits per heavy atom. The van der Waals surface area contributed by atoms with Crippen molar-refractivity contribution in [3.63, 3.8) is 0 Å². The maximum atomic E-state index is 8.39. The van der Waals surface area contributed by atoms with E-state index in [2.05, 4.69) is 39.1 Å². The lowest BCUT2D eigenvalue weighted by atomic mass is 9.98. The fourth-order valence-corrected chi connectivity index (χ4v) is 1.22. The van der Waals surface area contributed by atoms with Gasteiger partial charge in [-0.25, -0.2) is 0 Å². The minimum Gasteiger partial charge on any atom is -0.310 e. The van der Waals surface area contributed by atoms with Crippen LogP contribution in [0.4, 0.5) is 0 Å². The fourth-order valence-electron chi connectivity index (χ4n) is 1.22. The van der Waals surface area contributed by atoms with Crippen LogP contribution in [0.1, 0.15) is 40.5 Å². The topological polar surface area (TPSA) is 35.8 Å². The molecular weight excluding hydrogens is 136 g/mol. The predicted octanol–water partition coefficient (Wildman–Crippen LogP) is 2.07. The van der Waals surface area contributed by atoms with Gasteiger partial charge in [0.2, 0.25) is 0 Å². The summed E-state index contributed by atoms with van der Waals surface area (Å²) < 4.78 is 0. The molecule has 0 aromatic rings. The SMILES string of the molecule is CC(C)NC(C)(C)CCC#N. The molecular formula is C9H18N2. The van der Waals surface area contributed by atoms with E-state index in [4.69, 9.17) is 5.26 Å². The van der Waals surface area contributed by atoms with E-state index >= 15 is 0 Å². The first-order valence-corrected chi connectivity index (χ1v) is 4.12. The monoisotopic (exact) mass is 154 g/mol. The molecule has 0 unspecified atom stereocenters. The Bertz CT molecular complexity index is 142. The van der Waals surface area contributed by atoms with Crippen molar-refractivity contribution in [1.82, 2.24) is 5.32 Å². The van der Waals surface area contributed by atoms with E-state index in [0.29, 0.717) is 12.5 Å². The molecule has 2 heteroatoms. The molecule has 1 N–H and O–H groups in total. The number of hydrogen-bond acceptors (Lipinski definition) is 2. The van der Waals surface area contributed by atoms with Crippen LogP contribution >= 0.6 is 0 Å². The fraction of sp³-hybridized carbons (Fsp3) is 0.889. The summed E-state index contributed by atoms with van der Waals surface area (Å²) in [5.74, 6) is 0. The lowest BCUT2D eigenvalue weighted by molar-refractivity contribution is 0.336. The zero-order valence-corrected chi connectivity index (χ0v) is 7.94. The molecule has 0 amide bonds. The molecule has 0 radical (unpaired) electrons. The molecule has 0 aliphatic carbocycles. The quantitative estimate of drug-likeness (QED) is 0.673. The highest BCUT2D eigenvalue weighted by molar-refractivity contribution is 4.83. The smallest absolute Gasteiger partial charge is 0.0622 e. The zero-order valence-electron chi connectivity index (χ0n) is 7.94. The van der Waals surface area contributed by atoms with Gasteiger partial charge < -0.3 is 5.32 Å². The summed E-state index contributed by atoms with van der Waals surface area (Å²) >= 11 is 0. The summed E-state index contributed by atoms with van der Waals surface area (Å²) in [7, 11) is 0. The molecule has 2 nitrogen and oxygen atoms in total. The van der Waals surface area contributed by atoms with Crippen LogP contribution in [0.15, 0.2) is 0 Å². The maximum absolute atomic E-state index is 8.39. The first-order chi connectivity index (χ1) is 4.98. The van der Waals surface area contributed by atoms with Crippen LogP contribution < -0.4 is 5.32 Å². The minimum absolute atomic E-state index is 0.101. The molecule has 0 rings (SSSR count). The molecule has 0 atom stereocenters. The molecule has 0 spiro atoms. The molecule has 64 valence electrons. The van der Waals surface area contributed by atoms with Gasteiger partial charge in [0.1, 0.15) is 0 Å². The van der Waals surface area contributed by atoms with Gasteiger partial charge in [-0.2, -0.15) is 5.26 Å². The molecule has 0 saturated carbocycles. The van der Waals surface area contributed by atoms with Crippen LogP contribution in [0.3, 0.4) is 0 Å². The van der Waals surface area contributed by atoms with Gasteiger partial charge in [0.05, 0.1) is 6.07 Å². The van der Waals surface area contributed by atoms with Crippen LogP contribution in [-0.2, 0) is 0 Å². The van der Waals surface area contributed by atoms with E-state index in [1.54, 1.807) is 0 Å². The third-order valence-corrected chi connectivity index (χ3v) is 1.54. The summed E-state index contributed by atoms with van der Waals surface area (Å²) in [5.41, 5.74) is 0.101. The van der Waals surface area contributed by atoms with E-state index < -0.39 is 0 Å². The first kappa shape index (κ1) is 10.4. The van der Waals surface area contributed by atoms with Gasteiger partial charge in [0, 0.05) is 18.0 Å². The van der Waals surface area contributed by atoms with Gasteiger partial charge in [-0.1, -0.05) is 13.8 Å². The van der Waals surface area contributed by atoms with E-state index in [-0.39, 0.29) is 5.54 Å². The average molecular weight is 154 g/mol. The summed E-state index contributed by atoms with van der Waals surface area (Å²) in [5, 5.41) is 11.8. The van der Waals surface area contributed by atoms with Crippen LogP contribution in [0, 0.1) is 11.3 Å². The standard InChI is InChI=1S/C9H18N2/c1-8(2)11-9(3,4)6-5-7-10/h8,11H,5-6H2,1-4H3. The van der Waals surface area contributed by atoms with E-state index in [0.717, 1.165) is 6.42 Å². The van der Waals surface area contributed by atoms with Crippen molar-refractivity contribution in [1.29, 1.82) is 5.26 Å². The molecule has 0 fully saturated rings. The Morgan fingerprint density at radius 3 is 2.36 bits per heavy atom. The molecule has 0 aliphatic heterocycles. The van der Waals surface area contributed by atoms with Gasteiger partial charge in [0.25, 0.3) is 0 Å². The molecule has 0 heterocycles. The summed E-state index contributed by atoms with van der Waals surface area (Å²) in [6.07, 6.45) is 1.55. The zero-order chi connectivity index (χ0) is 8.91. The van der Waals surface area contributed by atoms with Crippen molar-refractivity contribution < 1.29 is 0 Å². The Hall–Kier alpha value is -0.550. The van der Waals surface area contributed by atoms with Crippen molar-refractivity contribution in [2.24, 2.45) is 0 Å². The van der Waals surface area contributed by atoms with E-state index in [1.165, 1.54) is 0 Å². The average Bonchev–Trinajstić information content (AvgIpc) is 1.81. The second-order valence-corrected chi connectivity index (χ2v) is 3.84. The second-order valence-electron chi connectivity index (χ2n) is 3.84. The van der Waals surface area contributed by atoms with Gasteiger partial charge >= 0.3 is 0 Å². The van der Waals surface area contributed by atoms with Crippen molar-refractivity contribution in [3.8, 4) is 6.07 Å². The van der Waals surface area contributed by atoms with Crippen molar-refractivity contribution in [2.75, 3.05) is 0 Å².